The second kappa shape index (κ2) is 8.93. The van der Waals surface area contributed by atoms with E-state index in [1.54, 1.807) is 4.90 Å². The predicted molar refractivity (Wildman–Crippen MR) is 119 cm³/mol. The van der Waals surface area contributed by atoms with Crippen LogP contribution < -0.4 is 4.90 Å². The first-order chi connectivity index (χ1) is 14.4. The monoisotopic (exact) mass is 432 g/mol. The summed E-state index contributed by atoms with van der Waals surface area (Å²) in [5.41, 5.74) is 0.0341. The Morgan fingerprint density at radius 2 is 1.52 bits per heavy atom. The van der Waals surface area contributed by atoms with Crippen molar-refractivity contribution in [3.63, 3.8) is 0 Å². The molecule has 2 saturated heterocycles. The first kappa shape index (κ1) is 23.2. The van der Waals surface area contributed by atoms with E-state index in [0.29, 0.717) is 32.7 Å². The number of ether oxygens (including phenoxy) is 2. The van der Waals surface area contributed by atoms with Crippen molar-refractivity contribution in [1.29, 1.82) is 0 Å². The van der Waals surface area contributed by atoms with Crippen molar-refractivity contribution in [1.82, 2.24) is 14.8 Å². The van der Waals surface area contributed by atoms with Crippen LogP contribution in [0.2, 0.25) is 0 Å². The molecule has 2 aliphatic rings. The molecule has 3 rings (SSSR count). The van der Waals surface area contributed by atoms with Gasteiger partial charge in [0, 0.05) is 38.9 Å². The van der Waals surface area contributed by atoms with Gasteiger partial charge in [0.05, 0.1) is 6.04 Å². The summed E-state index contributed by atoms with van der Waals surface area (Å²) in [6.45, 7) is 14.6. The van der Waals surface area contributed by atoms with Gasteiger partial charge in [-0.2, -0.15) is 0 Å². The fourth-order valence-electron chi connectivity index (χ4n) is 3.88. The number of amides is 2. The molecule has 172 valence electrons. The van der Waals surface area contributed by atoms with E-state index >= 15 is 0 Å². The van der Waals surface area contributed by atoms with E-state index in [4.69, 9.17) is 9.47 Å². The average Bonchev–Trinajstić information content (AvgIpc) is 3.16. The Morgan fingerprint density at radius 1 is 0.903 bits per heavy atom. The van der Waals surface area contributed by atoms with Gasteiger partial charge in [0.1, 0.15) is 17.0 Å². The van der Waals surface area contributed by atoms with Crippen molar-refractivity contribution in [2.75, 3.05) is 37.6 Å². The topological polar surface area (TPSA) is 75.2 Å². The van der Waals surface area contributed by atoms with E-state index in [2.05, 4.69) is 16.0 Å². The second-order valence-electron chi connectivity index (χ2n) is 10.2. The fourth-order valence-corrected chi connectivity index (χ4v) is 3.88. The lowest BCUT2D eigenvalue weighted by Crippen LogP contribution is -2.50. The number of nitrogens with zero attached hydrogens (tertiary/aromatic N) is 4. The van der Waals surface area contributed by atoms with Gasteiger partial charge in [0.15, 0.2) is 0 Å². The zero-order valence-corrected chi connectivity index (χ0v) is 19.7. The van der Waals surface area contributed by atoms with E-state index in [0.717, 1.165) is 24.2 Å². The number of rotatable bonds is 2. The Balaban J connectivity index is 1.58. The Bertz CT molecular complexity index is 774. The number of hydrogen-bond acceptors (Lipinski definition) is 6. The lowest BCUT2D eigenvalue weighted by atomic mass is 10.1. The molecule has 2 amide bonds. The average molecular weight is 433 g/mol. The zero-order valence-electron chi connectivity index (χ0n) is 19.7. The lowest BCUT2D eigenvalue weighted by Gasteiger charge is -2.36. The number of anilines is 1. The van der Waals surface area contributed by atoms with Gasteiger partial charge in [-0.25, -0.2) is 14.6 Å². The molecule has 8 nitrogen and oxygen atoms in total. The van der Waals surface area contributed by atoms with E-state index in [9.17, 15) is 9.59 Å². The van der Waals surface area contributed by atoms with Crippen molar-refractivity contribution in [2.24, 2.45) is 0 Å². The molecule has 1 aromatic rings. The van der Waals surface area contributed by atoms with Gasteiger partial charge in [0.2, 0.25) is 0 Å². The van der Waals surface area contributed by atoms with E-state index in [-0.39, 0.29) is 18.2 Å². The minimum Gasteiger partial charge on any atom is -0.444 e. The molecule has 1 unspecified atom stereocenters. The number of pyridine rings is 1. The van der Waals surface area contributed by atoms with Crippen LogP contribution in [0.3, 0.4) is 0 Å². The normalized spacial score (nSPS) is 20.1. The SMILES string of the molecule is CC(C)(C)OC(=O)N1CCN(c2ccc(C3CCCN3C(=O)OC(C)(C)C)cn2)CC1. The summed E-state index contributed by atoms with van der Waals surface area (Å²) in [4.78, 5) is 35.2. The molecular formula is C23H36N4O4. The summed E-state index contributed by atoms with van der Waals surface area (Å²) < 4.78 is 11.0. The van der Waals surface area contributed by atoms with Gasteiger partial charge in [-0.15, -0.1) is 0 Å². The third-order valence-electron chi connectivity index (χ3n) is 5.29. The quantitative estimate of drug-likeness (QED) is 0.697. The van der Waals surface area contributed by atoms with E-state index in [1.807, 2.05) is 58.7 Å². The van der Waals surface area contributed by atoms with Gasteiger partial charge in [-0.3, -0.25) is 0 Å². The second-order valence-corrected chi connectivity index (χ2v) is 10.2. The van der Waals surface area contributed by atoms with Crippen molar-refractivity contribution < 1.29 is 19.1 Å². The zero-order chi connectivity index (χ0) is 22.8. The molecule has 0 aliphatic carbocycles. The van der Waals surface area contributed by atoms with Crippen LogP contribution >= 0.6 is 0 Å². The minimum atomic E-state index is -0.506. The van der Waals surface area contributed by atoms with Crippen LogP contribution in [0.1, 0.15) is 66.0 Å². The number of aromatic nitrogens is 1. The van der Waals surface area contributed by atoms with Crippen molar-refractivity contribution in [2.45, 2.75) is 71.6 Å². The molecule has 31 heavy (non-hydrogen) atoms. The van der Waals surface area contributed by atoms with Gasteiger partial charge >= 0.3 is 12.2 Å². The highest BCUT2D eigenvalue weighted by Crippen LogP contribution is 2.33. The Morgan fingerprint density at radius 3 is 2.06 bits per heavy atom. The van der Waals surface area contributed by atoms with E-state index in [1.165, 1.54) is 0 Å². The first-order valence-corrected chi connectivity index (χ1v) is 11.1. The van der Waals surface area contributed by atoms with Crippen LogP contribution in [0.25, 0.3) is 0 Å². The number of likely N-dealkylation sites (tertiary alicyclic amines) is 1. The molecule has 0 N–H and O–H groups in total. The molecule has 8 heteroatoms. The maximum Gasteiger partial charge on any atom is 0.410 e. The summed E-state index contributed by atoms with van der Waals surface area (Å²) in [5.74, 6) is 0.884. The van der Waals surface area contributed by atoms with Crippen LogP contribution in [-0.2, 0) is 9.47 Å². The molecule has 0 saturated carbocycles. The number of carbonyl (C=O) groups excluding carboxylic acids is 2. The van der Waals surface area contributed by atoms with Crippen molar-refractivity contribution >= 4 is 18.0 Å². The van der Waals surface area contributed by atoms with Crippen molar-refractivity contribution in [3.8, 4) is 0 Å². The van der Waals surface area contributed by atoms with Gasteiger partial charge in [-0.05, 0) is 66.0 Å². The standard InChI is InChI=1S/C23H36N4O4/c1-22(2,3)30-20(28)26-14-12-25(13-15-26)19-10-9-17(16-24-19)18-8-7-11-27(18)21(29)31-23(4,5)6/h9-10,16,18H,7-8,11-15H2,1-6H3. The summed E-state index contributed by atoms with van der Waals surface area (Å²) in [5, 5.41) is 0. The summed E-state index contributed by atoms with van der Waals surface area (Å²) in [6, 6.07) is 4.06. The van der Waals surface area contributed by atoms with Crippen LogP contribution in [-0.4, -0.2) is 70.9 Å². The number of carbonyl (C=O) groups is 2. The van der Waals surface area contributed by atoms with Crippen LogP contribution in [0, 0.1) is 0 Å². The van der Waals surface area contributed by atoms with Crippen LogP contribution in [0.15, 0.2) is 18.3 Å². The third-order valence-corrected chi connectivity index (χ3v) is 5.29. The first-order valence-electron chi connectivity index (χ1n) is 11.1. The maximum absolute atomic E-state index is 12.6. The number of piperazine rings is 1. The molecule has 0 spiro atoms. The highest BCUT2D eigenvalue weighted by Gasteiger charge is 2.33. The van der Waals surface area contributed by atoms with Crippen LogP contribution in [0.5, 0.6) is 0 Å². The molecule has 0 bridgehead atoms. The molecular weight excluding hydrogens is 396 g/mol. The maximum atomic E-state index is 12.6. The Hall–Kier alpha value is -2.51. The summed E-state index contributed by atoms with van der Waals surface area (Å²) in [6.07, 6.45) is 3.20. The summed E-state index contributed by atoms with van der Waals surface area (Å²) in [7, 11) is 0. The smallest absolute Gasteiger partial charge is 0.410 e. The number of hydrogen-bond donors (Lipinski definition) is 0. The molecule has 2 fully saturated rings. The highest BCUT2D eigenvalue weighted by molar-refractivity contribution is 5.69. The minimum absolute atomic E-state index is 0.000385. The Kier molecular flexibility index (Phi) is 6.67. The van der Waals surface area contributed by atoms with Gasteiger partial charge < -0.3 is 24.2 Å². The predicted octanol–water partition coefficient (Wildman–Crippen LogP) is 4.21. The molecule has 2 aliphatic heterocycles. The molecule has 1 atom stereocenters. The summed E-state index contributed by atoms with van der Waals surface area (Å²) >= 11 is 0. The fraction of sp³-hybridized carbons (Fsp3) is 0.696. The molecule has 0 aromatic carbocycles. The molecule has 1 aromatic heterocycles. The van der Waals surface area contributed by atoms with E-state index < -0.39 is 11.2 Å². The Labute approximate surface area is 185 Å². The molecule has 0 radical (unpaired) electrons. The van der Waals surface area contributed by atoms with Crippen LogP contribution in [0.4, 0.5) is 15.4 Å². The largest absolute Gasteiger partial charge is 0.444 e. The lowest BCUT2D eigenvalue weighted by molar-refractivity contribution is 0.0218. The third kappa shape index (κ3) is 6.24. The highest BCUT2D eigenvalue weighted by atomic mass is 16.6. The van der Waals surface area contributed by atoms with Crippen molar-refractivity contribution in [3.05, 3.63) is 23.9 Å². The molecule has 3 heterocycles. The van der Waals surface area contributed by atoms with Gasteiger partial charge in [0.25, 0.3) is 0 Å². The van der Waals surface area contributed by atoms with Gasteiger partial charge in [-0.1, -0.05) is 6.07 Å².